The summed E-state index contributed by atoms with van der Waals surface area (Å²) < 4.78 is 52.0. The fourth-order valence-electron chi connectivity index (χ4n) is 15.9. The third-order valence-electron chi connectivity index (χ3n) is 22.6. The van der Waals surface area contributed by atoms with Crippen molar-refractivity contribution in [2.24, 2.45) is 9.98 Å². The van der Waals surface area contributed by atoms with E-state index in [1.165, 1.54) is 44.1 Å². The Hall–Kier alpha value is -9.51. The molecule has 11 aliphatic heterocycles. The Bertz CT molecular complexity index is 4480. The quantitative estimate of drug-likeness (QED) is 0.0447. The third-order valence-corrected chi connectivity index (χ3v) is 22.6. The second-order valence-corrected chi connectivity index (χ2v) is 30.1. The van der Waals surface area contributed by atoms with Crippen LogP contribution in [0.5, 0.6) is 40.2 Å². The number of aromatic hydroxyl groups is 1. The predicted molar refractivity (Wildman–Crippen MR) is 426 cm³/mol. The number of aldehydes is 1. The number of nitrogens with zero attached hydrogens (tertiary/aromatic N) is 9. The van der Waals surface area contributed by atoms with Crippen molar-refractivity contribution >= 4 is 46.0 Å². The van der Waals surface area contributed by atoms with E-state index < -0.39 is 0 Å². The molecule has 0 aliphatic carbocycles. The van der Waals surface area contributed by atoms with Crippen LogP contribution in [-0.4, -0.2) is 257 Å². The molecule has 1 aromatic heterocycles. The summed E-state index contributed by atoms with van der Waals surface area (Å²) in [5.41, 5.74) is 14.3. The Morgan fingerprint density at radius 3 is 1.40 bits per heavy atom. The highest BCUT2D eigenvalue weighted by Gasteiger charge is 2.35. The Labute approximate surface area is 654 Å². The van der Waals surface area contributed by atoms with Crippen molar-refractivity contribution < 1.29 is 66.9 Å². The molecule has 6 saturated heterocycles. The summed E-state index contributed by atoms with van der Waals surface area (Å²) in [5, 5.41) is 20.9. The molecule has 0 spiro atoms. The summed E-state index contributed by atoms with van der Waals surface area (Å²) in [6, 6.07) is 28.9. The molecule has 25 nitrogen and oxygen atoms in total. The summed E-state index contributed by atoms with van der Waals surface area (Å²) in [6.07, 6.45) is 11.8. The van der Waals surface area contributed by atoms with Gasteiger partial charge in [-0.2, -0.15) is 5.10 Å². The molecule has 18 rings (SSSR count). The van der Waals surface area contributed by atoms with Gasteiger partial charge in [-0.25, -0.2) is 0 Å². The lowest BCUT2D eigenvalue weighted by molar-refractivity contribution is 0.0321. The highest BCUT2D eigenvalue weighted by molar-refractivity contribution is 6.21. The van der Waals surface area contributed by atoms with Gasteiger partial charge in [0.25, 0.3) is 0 Å². The van der Waals surface area contributed by atoms with Gasteiger partial charge in [0, 0.05) is 145 Å². The molecule has 11 aliphatic rings. The van der Waals surface area contributed by atoms with Crippen LogP contribution in [0.4, 0.5) is 0 Å². The molecule has 6 fully saturated rings. The van der Waals surface area contributed by atoms with Gasteiger partial charge in [-0.15, -0.1) is 0 Å². The smallest absolute Gasteiger partial charge is 0.232 e. The Morgan fingerprint density at radius 2 is 0.920 bits per heavy atom. The topological polar surface area (TPSA) is 256 Å². The third kappa shape index (κ3) is 19.1. The number of carbonyl (C=O) groups excluding carboxylic acids is 4. The Balaban J connectivity index is 0.000000124. The molecule has 0 radical (unpaired) electrons. The van der Waals surface area contributed by atoms with E-state index in [1.54, 1.807) is 18.2 Å². The lowest BCUT2D eigenvalue weighted by Gasteiger charge is -2.28. The fourth-order valence-corrected chi connectivity index (χ4v) is 15.9. The molecule has 0 bridgehead atoms. The first kappa shape index (κ1) is 77.8. The Morgan fingerprint density at radius 1 is 0.473 bits per heavy atom. The minimum absolute atomic E-state index is 0.00453. The number of hydrogen-bond donors (Lipinski definition) is 3. The van der Waals surface area contributed by atoms with Gasteiger partial charge >= 0.3 is 0 Å². The van der Waals surface area contributed by atoms with E-state index in [-0.39, 0.29) is 29.7 Å². The minimum Gasteiger partial charge on any atom is -0.507 e. The normalized spacial score (nSPS) is 20.0. The Kier molecular flexibility index (Phi) is 26.0. The number of likely N-dealkylation sites (tertiary alicyclic amines) is 2. The molecular formula is C87H103N11O14. The van der Waals surface area contributed by atoms with Crippen LogP contribution in [0, 0.1) is 13.8 Å². The zero-order chi connectivity index (χ0) is 76.7. The number of rotatable bonds is 21. The number of allylic oxidation sites excluding steroid dienone is 4. The van der Waals surface area contributed by atoms with E-state index >= 15 is 0 Å². The van der Waals surface area contributed by atoms with Gasteiger partial charge in [0.1, 0.15) is 65.8 Å². The number of aromatic amines is 1. The molecule has 25 heteroatoms. The summed E-state index contributed by atoms with van der Waals surface area (Å²) in [6.45, 7) is 31.0. The number of Topliss-reactive ketones (excluding diaryl/α,β-unsaturated/α-hetero) is 3. The molecule has 590 valence electrons. The minimum atomic E-state index is -0.0781. The van der Waals surface area contributed by atoms with Crippen LogP contribution in [0.15, 0.2) is 125 Å². The average Bonchev–Trinajstić information content (AvgIpc) is 1.57. The maximum atomic E-state index is 13.3. The monoisotopic (exact) mass is 1530 g/mol. The number of hydrogen-bond acceptors (Lipinski definition) is 24. The first-order valence-electron chi connectivity index (χ1n) is 40.0. The van der Waals surface area contributed by atoms with Gasteiger partial charge in [-0.05, 0) is 155 Å². The number of aromatic nitrogens is 2. The standard InChI is InChI=1S/C30H35N3O4.C29H34N4O4.C14H17N3O3.C14H17NO3/c1-21-5-8-24-29(34)28(37-30(24)26(21)20-33-9-3-2-4-10-33)18-27-25-17-23(7-6-22(25)19-31-27)36-16-13-32-11-14-35-15-12-32;1-20-2-5-23-28(34)27(37-29(23)25(20)19-33-8-6-30-7-9-33)17-26-24-16-22(4-3-21(24)18-31-26)36-15-12-32-10-13-35-14-11-32;18-10-14-12-9-11(1-2-13(12)15-16-14)20-8-5-17-3-6-19-7-4-17;16-12-5-4-10-13(17)9-18-14(10)11(12)8-15-6-2-1-3-7-15/h5-8,17-18H,2-4,9-16,19-20H2,1H3;2-5,16-17,30H,6-15,18-19H2,1H3;1-2,9-10H,3-8H2,(H,15,16);4-5,16H,1-3,6-9H2/b28-18-;27-17-;;. The number of ether oxygens (including phenoxy) is 9. The number of aryl methyl sites for hydroxylation is 2. The largest absolute Gasteiger partial charge is 0.507 e. The highest BCUT2D eigenvalue weighted by Crippen LogP contribution is 2.41. The summed E-state index contributed by atoms with van der Waals surface area (Å²) in [4.78, 5) is 72.7. The second kappa shape index (κ2) is 37.4. The zero-order valence-corrected chi connectivity index (χ0v) is 64.5. The van der Waals surface area contributed by atoms with Crippen LogP contribution in [0.2, 0.25) is 0 Å². The number of H-pyrrole nitrogens is 1. The van der Waals surface area contributed by atoms with Crippen molar-refractivity contribution in [1.82, 2.24) is 44.9 Å². The van der Waals surface area contributed by atoms with E-state index in [4.69, 9.17) is 52.6 Å². The SMILES string of the molecule is Cc1ccc2c(c1CN1CCCCC1)O/C(=C\C1=NCc3ccc(OCCN4CCOCC4)cc31)C2=O.Cc1ccc2c(c1CN1CCNCC1)O/C(=C\C1=NCc3ccc(OCCN4CCOCC4)cc31)C2=O.O=C1COc2c1ccc(O)c2CN1CCCCC1.O=Cc1[nH]nc2ccc(OCCN3CCOCC3)cc12. The maximum Gasteiger partial charge on any atom is 0.232 e. The highest BCUT2D eigenvalue weighted by atomic mass is 16.5. The lowest BCUT2D eigenvalue weighted by Crippen LogP contribution is -2.43. The molecule has 12 heterocycles. The number of carbonyl (C=O) groups is 4. The summed E-state index contributed by atoms with van der Waals surface area (Å²) >= 11 is 0. The second-order valence-electron chi connectivity index (χ2n) is 30.1. The number of benzene rings is 6. The number of phenols is 1. The van der Waals surface area contributed by atoms with Crippen molar-refractivity contribution in [3.05, 3.63) is 187 Å². The van der Waals surface area contributed by atoms with Crippen molar-refractivity contribution in [2.75, 3.05) is 177 Å². The van der Waals surface area contributed by atoms with Gasteiger partial charge in [0.05, 0.1) is 91.9 Å². The number of ketones is 3. The number of morpholine rings is 3. The van der Waals surface area contributed by atoms with E-state index in [2.05, 4.69) is 70.9 Å². The molecule has 0 saturated carbocycles. The summed E-state index contributed by atoms with van der Waals surface area (Å²) in [5.74, 6) is 5.19. The predicted octanol–water partition coefficient (Wildman–Crippen LogP) is 9.77. The van der Waals surface area contributed by atoms with E-state index in [0.29, 0.717) is 84.9 Å². The number of fused-ring (bicyclic) bond motifs is 6. The lowest BCUT2D eigenvalue weighted by atomic mass is 10.00. The van der Waals surface area contributed by atoms with Crippen LogP contribution < -0.4 is 33.7 Å². The first-order valence-corrected chi connectivity index (χ1v) is 40.0. The number of piperidine rings is 2. The van der Waals surface area contributed by atoms with Gasteiger partial charge in [-0.1, -0.05) is 37.1 Å². The molecule has 3 N–H and O–H groups in total. The molecule has 7 aromatic rings. The van der Waals surface area contributed by atoms with Crippen molar-refractivity contribution in [1.29, 1.82) is 0 Å². The van der Waals surface area contributed by atoms with Gasteiger partial charge in [0.15, 0.2) is 24.4 Å². The maximum absolute atomic E-state index is 13.3. The van der Waals surface area contributed by atoms with Crippen LogP contribution in [0.1, 0.15) is 130 Å². The van der Waals surface area contributed by atoms with Gasteiger partial charge in [-0.3, -0.25) is 63.7 Å². The number of piperazine rings is 1. The van der Waals surface area contributed by atoms with Crippen LogP contribution in [-0.2, 0) is 46.9 Å². The molecule has 0 amide bonds. The summed E-state index contributed by atoms with van der Waals surface area (Å²) in [7, 11) is 0. The molecule has 112 heavy (non-hydrogen) atoms. The molecular weight excluding hydrogens is 1420 g/mol. The van der Waals surface area contributed by atoms with E-state index in [1.807, 2.05) is 72.8 Å². The zero-order valence-electron chi connectivity index (χ0n) is 64.5. The number of phenolic OH excluding ortho intramolecular Hbond substituents is 1. The fraction of sp³-hybridized carbons (Fsp3) is 0.460. The molecule has 0 unspecified atom stereocenters. The number of nitrogens with one attached hydrogen (secondary N) is 2. The molecule has 0 atom stereocenters. The van der Waals surface area contributed by atoms with Crippen molar-refractivity contribution in [3.8, 4) is 40.2 Å². The van der Waals surface area contributed by atoms with E-state index in [0.717, 1.165) is 260 Å². The van der Waals surface area contributed by atoms with Gasteiger partial charge in [0.2, 0.25) is 17.3 Å². The van der Waals surface area contributed by atoms with Crippen molar-refractivity contribution in [3.63, 3.8) is 0 Å². The van der Waals surface area contributed by atoms with Crippen LogP contribution in [0.3, 0.4) is 0 Å². The first-order chi connectivity index (χ1) is 54.9. The van der Waals surface area contributed by atoms with Crippen LogP contribution >= 0.6 is 0 Å². The van der Waals surface area contributed by atoms with Crippen LogP contribution in [0.25, 0.3) is 10.9 Å². The van der Waals surface area contributed by atoms with E-state index in [9.17, 15) is 24.3 Å². The average molecular weight is 1530 g/mol. The van der Waals surface area contributed by atoms with Gasteiger partial charge < -0.3 is 53.1 Å². The van der Waals surface area contributed by atoms with Crippen molar-refractivity contribution in [2.45, 2.75) is 85.1 Å². The number of aliphatic imine (C=N–C) groups is 2. The molecule has 6 aromatic carbocycles.